The number of nitrogens with zero attached hydrogens (tertiary/aromatic N) is 1. The maximum absolute atomic E-state index is 11.6. The summed E-state index contributed by atoms with van der Waals surface area (Å²) < 4.78 is 5.24. The van der Waals surface area contributed by atoms with E-state index in [1.807, 2.05) is 55.6 Å². The molecule has 0 aromatic heterocycles. The first kappa shape index (κ1) is 19.1. The highest BCUT2D eigenvalue weighted by molar-refractivity contribution is 6.30. The zero-order chi connectivity index (χ0) is 18.2. The van der Waals surface area contributed by atoms with Gasteiger partial charge in [-0.3, -0.25) is 0 Å². The monoisotopic (exact) mass is 361 g/mol. The molecule has 0 aliphatic heterocycles. The maximum atomic E-state index is 11.6. The Hall–Kier alpha value is -2.24. The number of amides is 1. The van der Waals surface area contributed by atoms with Crippen LogP contribution in [-0.4, -0.2) is 38.7 Å². The van der Waals surface area contributed by atoms with E-state index in [0.29, 0.717) is 5.75 Å². The number of ether oxygens (including phenoxy) is 1. The van der Waals surface area contributed by atoms with Gasteiger partial charge in [0.1, 0.15) is 5.75 Å². The van der Waals surface area contributed by atoms with Gasteiger partial charge >= 0.3 is 6.09 Å². The van der Waals surface area contributed by atoms with Crippen LogP contribution in [0.4, 0.5) is 10.5 Å². The lowest BCUT2D eigenvalue weighted by atomic mass is 10.0. The molecule has 0 spiro atoms. The lowest BCUT2D eigenvalue weighted by Crippen LogP contribution is -2.25. The predicted octanol–water partition coefficient (Wildman–Crippen LogP) is 4.16. The summed E-state index contributed by atoms with van der Waals surface area (Å²) in [5.74, 6) is 0.536. The molecule has 6 heteroatoms. The Morgan fingerprint density at radius 2 is 1.92 bits per heavy atom. The number of carbonyl (C=O) groups excluding carboxylic acids is 1. The van der Waals surface area contributed by atoms with Crippen LogP contribution in [0.25, 0.3) is 0 Å². The Kier molecular flexibility index (Phi) is 7.10. The van der Waals surface area contributed by atoms with Crippen molar-refractivity contribution in [3.63, 3.8) is 0 Å². The van der Waals surface area contributed by atoms with Crippen molar-refractivity contribution in [3.05, 3.63) is 59.1 Å². The van der Waals surface area contributed by atoms with Gasteiger partial charge in [-0.1, -0.05) is 29.8 Å². The molecular weight excluding hydrogens is 338 g/mol. The number of nitrogens with one attached hydrogen (secondary N) is 2. The molecule has 2 rings (SSSR count). The Balaban J connectivity index is 1.90. The van der Waals surface area contributed by atoms with Crippen molar-refractivity contribution in [2.24, 2.45) is 0 Å². The largest absolute Gasteiger partial charge is 0.414 e. The van der Waals surface area contributed by atoms with Crippen LogP contribution in [0.3, 0.4) is 0 Å². The molecule has 0 radical (unpaired) electrons. The normalized spacial score (nSPS) is 11.7. The van der Waals surface area contributed by atoms with Crippen LogP contribution in [0.1, 0.15) is 18.0 Å². The summed E-state index contributed by atoms with van der Waals surface area (Å²) in [5, 5.41) is 7.40. The van der Waals surface area contributed by atoms with Crippen molar-refractivity contribution in [2.75, 3.05) is 33.0 Å². The average Bonchev–Trinajstić information content (AvgIpc) is 2.59. The fraction of sp³-hybridized carbons (Fsp3) is 0.316. The molecule has 0 heterocycles. The smallest absolute Gasteiger partial charge is 0.410 e. The lowest BCUT2D eigenvalue weighted by Gasteiger charge is -2.18. The predicted molar refractivity (Wildman–Crippen MR) is 103 cm³/mol. The van der Waals surface area contributed by atoms with Crippen LogP contribution in [0, 0.1) is 0 Å². The van der Waals surface area contributed by atoms with E-state index in [1.54, 1.807) is 14.1 Å². The maximum Gasteiger partial charge on any atom is 0.414 e. The fourth-order valence-corrected chi connectivity index (χ4v) is 2.59. The summed E-state index contributed by atoms with van der Waals surface area (Å²) in [7, 11) is 5.24. The summed E-state index contributed by atoms with van der Waals surface area (Å²) in [6.07, 6.45) is 0.517. The highest BCUT2D eigenvalue weighted by Gasteiger charge is 2.11. The molecule has 0 saturated heterocycles. The molecule has 2 aromatic rings. The Labute approximate surface area is 153 Å². The van der Waals surface area contributed by atoms with Crippen molar-refractivity contribution in [1.29, 1.82) is 0 Å². The number of carbonyl (C=O) groups is 1. The first-order chi connectivity index (χ1) is 12.0. The van der Waals surface area contributed by atoms with E-state index in [-0.39, 0.29) is 12.1 Å². The molecule has 1 atom stereocenters. The minimum absolute atomic E-state index is 0.199. The zero-order valence-electron chi connectivity index (χ0n) is 14.8. The second kappa shape index (κ2) is 9.30. The fourth-order valence-electron chi connectivity index (χ4n) is 2.40. The Bertz CT molecular complexity index is 689. The van der Waals surface area contributed by atoms with E-state index in [9.17, 15) is 4.79 Å². The van der Waals surface area contributed by atoms with E-state index in [4.69, 9.17) is 16.3 Å². The van der Waals surface area contributed by atoms with Gasteiger partial charge in [0.25, 0.3) is 0 Å². The summed E-state index contributed by atoms with van der Waals surface area (Å²) in [6.45, 7) is 0.809. The van der Waals surface area contributed by atoms with Gasteiger partial charge in [-0.05, 0) is 49.4 Å². The summed E-state index contributed by atoms with van der Waals surface area (Å²) in [5.41, 5.74) is 2.15. The quantitative estimate of drug-likeness (QED) is 0.777. The van der Waals surface area contributed by atoms with Gasteiger partial charge in [-0.15, -0.1) is 0 Å². The summed E-state index contributed by atoms with van der Waals surface area (Å²) in [6, 6.07) is 15.4. The van der Waals surface area contributed by atoms with Gasteiger partial charge in [0, 0.05) is 37.4 Å². The highest BCUT2D eigenvalue weighted by Crippen LogP contribution is 2.21. The lowest BCUT2D eigenvalue weighted by molar-refractivity contribution is 0.172. The number of rotatable bonds is 7. The molecule has 5 nitrogen and oxygen atoms in total. The number of anilines is 1. The number of benzene rings is 2. The number of hydrogen-bond donors (Lipinski definition) is 2. The number of halogens is 1. The molecule has 0 aliphatic carbocycles. The molecule has 134 valence electrons. The Morgan fingerprint density at radius 3 is 2.52 bits per heavy atom. The van der Waals surface area contributed by atoms with E-state index >= 15 is 0 Å². The first-order valence-electron chi connectivity index (χ1n) is 8.15. The van der Waals surface area contributed by atoms with Crippen LogP contribution in [0.2, 0.25) is 5.02 Å². The van der Waals surface area contributed by atoms with E-state index in [0.717, 1.165) is 29.2 Å². The third-order valence-corrected chi connectivity index (χ3v) is 4.02. The van der Waals surface area contributed by atoms with E-state index in [2.05, 4.69) is 10.6 Å². The standard InChI is InChI=1S/C19H24ClN3O2/c1-21-18(11-12-22-16-6-4-5-15(20)13-16)14-7-9-17(10-8-14)25-19(24)23(2)3/h4-10,13,18,21-22H,11-12H2,1-3H3. The molecule has 0 fully saturated rings. The van der Waals surface area contributed by atoms with E-state index < -0.39 is 0 Å². The topological polar surface area (TPSA) is 53.6 Å². The second-order valence-corrected chi connectivity index (χ2v) is 6.33. The molecule has 0 aliphatic rings. The third kappa shape index (κ3) is 5.96. The first-order valence-corrected chi connectivity index (χ1v) is 8.53. The van der Waals surface area contributed by atoms with Crippen LogP contribution < -0.4 is 15.4 Å². The molecule has 25 heavy (non-hydrogen) atoms. The molecule has 2 aromatic carbocycles. The summed E-state index contributed by atoms with van der Waals surface area (Å²) in [4.78, 5) is 13.0. The zero-order valence-corrected chi connectivity index (χ0v) is 15.5. The molecule has 1 unspecified atom stereocenters. The highest BCUT2D eigenvalue weighted by atomic mass is 35.5. The molecule has 0 bridgehead atoms. The Morgan fingerprint density at radius 1 is 1.20 bits per heavy atom. The summed E-state index contributed by atoms with van der Waals surface area (Å²) >= 11 is 5.99. The van der Waals surface area contributed by atoms with Gasteiger partial charge in [0.05, 0.1) is 0 Å². The number of hydrogen-bond acceptors (Lipinski definition) is 4. The second-order valence-electron chi connectivity index (χ2n) is 5.90. The van der Waals surface area contributed by atoms with Crippen LogP contribution >= 0.6 is 11.6 Å². The van der Waals surface area contributed by atoms with Crippen molar-refractivity contribution in [2.45, 2.75) is 12.5 Å². The van der Waals surface area contributed by atoms with Gasteiger partial charge in [0.15, 0.2) is 0 Å². The van der Waals surface area contributed by atoms with Crippen molar-refractivity contribution < 1.29 is 9.53 Å². The van der Waals surface area contributed by atoms with Gasteiger partial charge in [0.2, 0.25) is 0 Å². The molecule has 0 saturated carbocycles. The molecule has 2 N–H and O–H groups in total. The third-order valence-electron chi connectivity index (χ3n) is 3.79. The van der Waals surface area contributed by atoms with Crippen molar-refractivity contribution >= 4 is 23.4 Å². The van der Waals surface area contributed by atoms with Crippen molar-refractivity contribution in [3.8, 4) is 5.75 Å². The van der Waals surface area contributed by atoms with Gasteiger partial charge in [-0.25, -0.2) is 4.79 Å². The molecular formula is C19H24ClN3O2. The van der Waals surface area contributed by atoms with Crippen molar-refractivity contribution in [1.82, 2.24) is 10.2 Å². The average molecular weight is 362 g/mol. The van der Waals surface area contributed by atoms with Crippen LogP contribution in [0.15, 0.2) is 48.5 Å². The SMILES string of the molecule is CNC(CCNc1cccc(Cl)c1)c1ccc(OC(=O)N(C)C)cc1. The van der Waals surface area contributed by atoms with Gasteiger partial charge < -0.3 is 20.3 Å². The van der Waals surface area contributed by atoms with Crippen LogP contribution in [0.5, 0.6) is 5.75 Å². The molecule has 1 amide bonds. The van der Waals surface area contributed by atoms with E-state index in [1.165, 1.54) is 4.90 Å². The van der Waals surface area contributed by atoms with Gasteiger partial charge in [-0.2, -0.15) is 0 Å². The van der Waals surface area contributed by atoms with Crippen LogP contribution in [-0.2, 0) is 0 Å². The minimum Gasteiger partial charge on any atom is -0.410 e. The minimum atomic E-state index is -0.386.